The molecule has 0 saturated carbocycles. The fourth-order valence-corrected chi connectivity index (χ4v) is 2.64. The van der Waals surface area contributed by atoms with Gasteiger partial charge in [-0.1, -0.05) is 27.7 Å². The second kappa shape index (κ2) is 10.0. The molecule has 0 heterocycles. The van der Waals surface area contributed by atoms with Crippen molar-refractivity contribution in [1.82, 2.24) is 0 Å². The van der Waals surface area contributed by atoms with Crippen LogP contribution in [0.25, 0.3) is 0 Å². The number of nitrogens with one attached hydrogen (secondary N) is 2. The average Bonchev–Trinajstić information content (AvgIpc) is 2.71. The molecule has 2 rings (SSSR count). The molecule has 0 fully saturated rings. The first-order chi connectivity index (χ1) is 14.2. The third kappa shape index (κ3) is 6.40. The lowest BCUT2D eigenvalue weighted by Crippen LogP contribution is -2.20. The van der Waals surface area contributed by atoms with E-state index in [1.54, 1.807) is 50.4 Å². The number of Topliss-reactive ketones (excluding diaryl/α,β-unsaturated/α-hetero) is 1. The van der Waals surface area contributed by atoms with Crippen LogP contribution in [-0.2, 0) is 0 Å². The molecular formula is C23H30N2O5. The molecular weight excluding hydrogens is 384 g/mol. The first-order valence-electron chi connectivity index (χ1n) is 9.77. The molecule has 2 aromatic rings. The van der Waals surface area contributed by atoms with Gasteiger partial charge in [-0.2, -0.15) is 0 Å². The normalized spacial score (nSPS) is 10.9. The Hall–Kier alpha value is -3.22. The third-order valence-corrected chi connectivity index (χ3v) is 4.16. The van der Waals surface area contributed by atoms with Crippen LogP contribution in [-0.4, -0.2) is 32.6 Å². The zero-order valence-electron chi connectivity index (χ0n) is 18.4. The summed E-state index contributed by atoms with van der Waals surface area (Å²) in [5.41, 5.74) is 1.45. The Morgan fingerprint density at radius 1 is 0.867 bits per heavy atom. The fraction of sp³-hybridized carbons (Fsp3) is 0.391. The Kier molecular flexibility index (Phi) is 7.69. The molecule has 0 spiro atoms. The van der Waals surface area contributed by atoms with Crippen molar-refractivity contribution in [3.05, 3.63) is 42.0 Å². The highest BCUT2D eigenvalue weighted by molar-refractivity contribution is 6.03. The number of anilines is 2. The van der Waals surface area contributed by atoms with E-state index in [-0.39, 0.29) is 11.2 Å². The molecule has 0 aliphatic rings. The number of carbonyl (C=O) groups is 2. The number of urea groups is 1. The summed E-state index contributed by atoms with van der Waals surface area (Å²) in [4.78, 5) is 24.8. The Labute approximate surface area is 177 Å². The van der Waals surface area contributed by atoms with E-state index >= 15 is 0 Å². The topological polar surface area (TPSA) is 85.9 Å². The highest BCUT2D eigenvalue weighted by Crippen LogP contribution is 2.30. The zero-order valence-corrected chi connectivity index (χ0v) is 18.4. The van der Waals surface area contributed by atoms with E-state index in [0.717, 1.165) is 0 Å². The van der Waals surface area contributed by atoms with Gasteiger partial charge in [0, 0.05) is 23.9 Å². The molecule has 7 heteroatoms. The minimum Gasteiger partial charge on any atom is -0.493 e. The highest BCUT2D eigenvalue weighted by atomic mass is 16.5. The van der Waals surface area contributed by atoms with Crippen molar-refractivity contribution in [3.63, 3.8) is 0 Å². The first kappa shape index (κ1) is 23.1. The van der Waals surface area contributed by atoms with Gasteiger partial charge in [-0.15, -0.1) is 0 Å². The molecule has 2 amide bonds. The SMILES string of the molecule is CCC(=O)c1cc(NC(=O)Nc2ccc(OC)c(OC)c2)ccc1OCC(C)(C)C. The lowest BCUT2D eigenvalue weighted by molar-refractivity contribution is 0.0981. The predicted octanol–water partition coefficient (Wildman–Crippen LogP) is 5.37. The molecule has 0 bridgehead atoms. The van der Waals surface area contributed by atoms with Gasteiger partial charge in [0.05, 0.1) is 26.4 Å². The van der Waals surface area contributed by atoms with Crippen LogP contribution in [0.2, 0.25) is 0 Å². The van der Waals surface area contributed by atoms with Gasteiger partial charge >= 0.3 is 6.03 Å². The van der Waals surface area contributed by atoms with Crippen LogP contribution in [0, 0.1) is 5.41 Å². The molecule has 0 aromatic heterocycles. The lowest BCUT2D eigenvalue weighted by Gasteiger charge is -2.20. The molecule has 2 aromatic carbocycles. The number of hydrogen-bond donors (Lipinski definition) is 2. The van der Waals surface area contributed by atoms with Crippen molar-refractivity contribution in [1.29, 1.82) is 0 Å². The van der Waals surface area contributed by atoms with Gasteiger partial charge in [0.2, 0.25) is 0 Å². The van der Waals surface area contributed by atoms with E-state index < -0.39 is 6.03 Å². The molecule has 2 N–H and O–H groups in total. The molecule has 7 nitrogen and oxygen atoms in total. The summed E-state index contributed by atoms with van der Waals surface area (Å²) in [6.07, 6.45) is 0.340. The van der Waals surface area contributed by atoms with Crippen LogP contribution in [0.4, 0.5) is 16.2 Å². The summed E-state index contributed by atoms with van der Waals surface area (Å²) in [5, 5.41) is 5.48. The summed E-state index contributed by atoms with van der Waals surface area (Å²) in [7, 11) is 3.07. The van der Waals surface area contributed by atoms with Crippen molar-refractivity contribution >= 4 is 23.2 Å². The number of ketones is 1. The van der Waals surface area contributed by atoms with E-state index in [4.69, 9.17) is 14.2 Å². The van der Waals surface area contributed by atoms with Crippen molar-refractivity contribution in [3.8, 4) is 17.2 Å². The van der Waals surface area contributed by atoms with Crippen LogP contribution >= 0.6 is 0 Å². The van der Waals surface area contributed by atoms with Crippen LogP contribution in [0.5, 0.6) is 17.2 Å². The number of carbonyl (C=O) groups excluding carboxylic acids is 2. The van der Waals surface area contributed by atoms with E-state index in [9.17, 15) is 9.59 Å². The third-order valence-electron chi connectivity index (χ3n) is 4.16. The number of rotatable bonds is 8. The summed E-state index contributed by atoms with van der Waals surface area (Å²) >= 11 is 0. The van der Waals surface area contributed by atoms with Crippen LogP contribution in [0.1, 0.15) is 44.5 Å². The lowest BCUT2D eigenvalue weighted by atomic mass is 9.98. The van der Waals surface area contributed by atoms with Gasteiger partial charge < -0.3 is 24.8 Å². The standard InChI is InChI=1S/C23H30N2O5/c1-7-18(26)17-12-15(8-10-19(17)30-14-23(2,3)4)24-22(27)25-16-9-11-20(28-5)21(13-16)29-6/h8-13H,7,14H2,1-6H3,(H2,24,25,27). The Morgan fingerprint density at radius 2 is 1.43 bits per heavy atom. The average molecular weight is 415 g/mol. The minimum atomic E-state index is -0.444. The summed E-state index contributed by atoms with van der Waals surface area (Å²) < 4.78 is 16.3. The Balaban J connectivity index is 2.15. The predicted molar refractivity (Wildman–Crippen MR) is 118 cm³/mol. The largest absolute Gasteiger partial charge is 0.493 e. The molecule has 162 valence electrons. The molecule has 0 unspecified atom stereocenters. The molecule has 0 aliphatic carbocycles. The maximum atomic E-state index is 12.4. The minimum absolute atomic E-state index is 0.0389. The van der Waals surface area contributed by atoms with Gasteiger partial charge in [-0.3, -0.25) is 4.79 Å². The maximum absolute atomic E-state index is 12.4. The second-order valence-electron chi connectivity index (χ2n) is 7.99. The molecule has 0 radical (unpaired) electrons. The van der Waals surface area contributed by atoms with E-state index in [2.05, 4.69) is 31.4 Å². The number of amides is 2. The summed E-state index contributed by atoms with van der Waals surface area (Å²) in [6, 6.07) is 9.68. The van der Waals surface area contributed by atoms with E-state index in [1.165, 1.54) is 7.11 Å². The van der Waals surface area contributed by atoms with E-state index in [0.29, 0.717) is 47.2 Å². The van der Waals surface area contributed by atoms with Gasteiger partial charge in [0.1, 0.15) is 5.75 Å². The van der Waals surface area contributed by atoms with Crippen LogP contribution in [0.15, 0.2) is 36.4 Å². The number of methoxy groups -OCH3 is 2. The summed E-state index contributed by atoms with van der Waals surface area (Å²) in [6.45, 7) is 8.44. The van der Waals surface area contributed by atoms with Crippen molar-refractivity contribution in [2.24, 2.45) is 5.41 Å². The number of hydrogen-bond acceptors (Lipinski definition) is 5. The Morgan fingerprint density at radius 3 is 1.97 bits per heavy atom. The molecule has 0 atom stereocenters. The maximum Gasteiger partial charge on any atom is 0.323 e. The summed E-state index contributed by atoms with van der Waals surface area (Å²) in [5.74, 6) is 1.54. The smallest absolute Gasteiger partial charge is 0.323 e. The van der Waals surface area contributed by atoms with Gasteiger partial charge in [0.15, 0.2) is 17.3 Å². The van der Waals surface area contributed by atoms with E-state index in [1.807, 2.05) is 0 Å². The molecule has 30 heavy (non-hydrogen) atoms. The first-order valence-corrected chi connectivity index (χ1v) is 9.77. The number of ether oxygens (including phenoxy) is 3. The van der Waals surface area contributed by atoms with Gasteiger partial charge in [-0.25, -0.2) is 4.79 Å². The van der Waals surface area contributed by atoms with Crippen molar-refractivity contribution in [2.75, 3.05) is 31.5 Å². The Bertz CT molecular complexity index is 903. The van der Waals surface area contributed by atoms with Crippen LogP contribution in [0.3, 0.4) is 0 Å². The van der Waals surface area contributed by atoms with Crippen LogP contribution < -0.4 is 24.8 Å². The second-order valence-corrected chi connectivity index (χ2v) is 7.99. The highest BCUT2D eigenvalue weighted by Gasteiger charge is 2.17. The fourth-order valence-electron chi connectivity index (χ4n) is 2.64. The molecule has 0 aliphatic heterocycles. The van der Waals surface area contributed by atoms with Crippen molar-refractivity contribution in [2.45, 2.75) is 34.1 Å². The number of benzene rings is 2. The van der Waals surface area contributed by atoms with Gasteiger partial charge in [0.25, 0.3) is 0 Å². The van der Waals surface area contributed by atoms with Gasteiger partial charge in [-0.05, 0) is 35.7 Å². The molecule has 0 saturated heterocycles. The zero-order chi connectivity index (χ0) is 22.3. The quantitative estimate of drug-likeness (QED) is 0.568. The monoisotopic (exact) mass is 414 g/mol. The van der Waals surface area contributed by atoms with Crippen molar-refractivity contribution < 1.29 is 23.8 Å².